The van der Waals surface area contributed by atoms with Gasteiger partial charge in [0.25, 0.3) is 6.47 Å². The predicted molar refractivity (Wildman–Crippen MR) is 70.1 cm³/mol. The molecule has 0 radical (unpaired) electrons. The molecule has 22 heavy (non-hydrogen) atoms. The quantitative estimate of drug-likeness (QED) is 0.698. The van der Waals surface area contributed by atoms with Crippen LogP contribution in [0.25, 0.3) is 16.9 Å². The maximum atomic E-state index is 12.8. The number of ether oxygens (including phenoxy) is 1. The second-order valence-electron chi connectivity index (χ2n) is 4.38. The van der Waals surface area contributed by atoms with E-state index in [2.05, 4.69) is 10.1 Å². The van der Waals surface area contributed by atoms with Crippen molar-refractivity contribution in [2.45, 2.75) is 6.18 Å². The van der Waals surface area contributed by atoms with Gasteiger partial charge in [-0.1, -0.05) is 12.1 Å². The Hall–Kier alpha value is -2.90. The summed E-state index contributed by atoms with van der Waals surface area (Å²) < 4.78 is 44.2. The van der Waals surface area contributed by atoms with Crippen LogP contribution in [-0.2, 0) is 11.0 Å². The maximum absolute atomic E-state index is 12.8. The molecule has 3 rings (SSSR count). The van der Waals surface area contributed by atoms with Crippen LogP contribution in [0.3, 0.4) is 0 Å². The van der Waals surface area contributed by atoms with Gasteiger partial charge in [0.15, 0.2) is 5.65 Å². The van der Waals surface area contributed by atoms with Gasteiger partial charge < -0.3 is 4.74 Å². The number of hydrogen-bond acceptors (Lipinski definition) is 4. The van der Waals surface area contributed by atoms with Crippen LogP contribution >= 0.6 is 0 Å². The van der Waals surface area contributed by atoms with Crippen molar-refractivity contribution in [1.82, 2.24) is 14.6 Å². The number of hydrogen-bond donors (Lipinski definition) is 0. The van der Waals surface area contributed by atoms with E-state index >= 15 is 0 Å². The zero-order valence-electron chi connectivity index (χ0n) is 10.9. The molecule has 1 aromatic carbocycles. The van der Waals surface area contributed by atoms with Gasteiger partial charge in [-0.2, -0.15) is 22.8 Å². The minimum Gasteiger partial charge on any atom is -0.408 e. The van der Waals surface area contributed by atoms with Crippen molar-refractivity contribution in [3.8, 4) is 17.1 Å². The highest BCUT2D eigenvalue weighted by Crippen LogP contribution is 2.31. The Morgan fingerprint density at radius 1 is 1.18 bits per heavy atom. The molecule has 0 spiro atoms. The van der Waals surface area contributed by atoms with Gasteiger partial charge in [-0.15, -0.1) is 0 Å². The Bertz CT molecular complexity index is 843. The molecule has 0 aliphatic carbocycles. The number of nitrogens with zero attached hydrogens (tertiary/aromatic N) is 3. The van der Waals surface area contributed by atoms with Crippen LogP contribution in [0.1, 0.15) is 5.56 Å². The number of carbonyl (C=O) groups excluding carboxylic acids is 1. The predicted octanol–water partition coefficient (Wildman–Crippen LogP) is 2.95. The van der Waals surface area contributed by atoms with Crippen LogP contribution in [0.4, 0.5) is 13.2 Å². The molecular weight excluding hydrogens is 299 g/mol. The minimum absolute atomic E-state index is 0.0822. The van der Waals surface area contributed by atoms with Crippen LogP contribution in [-0.4, -0.2) is 21.1 Å². The first-order valence-corrected chi connectivity index (χ1v) is 6.12. The van der Waals surface area contributed by atoms with Gasteiger partial charge in [0.1, 0.15) is 0 Å². The van der Waals surface area contributed by atoms with Crippen molar-refractivity contribution in [3.63, 3.8) is 0 Å². The van der Waals surface area contributed by atoms with Gasteiger partial charge in [0.2, 0.25) is 5.88 Å². The molecule has 112 valence electrons. The molecule has 0 fully saturated rings. The van der Waals surface area contributed by atoms with E-state index in [1.165, 1.54) is 22.8 Å². The highest BCUT2D eigenvalue weighted by Gasteiger charge is 2.30. The Labute approximate surface area is 122 Å². The first-order chi connectivity index (χ1) is 10.5. The van der Waals surface area contributed by atoms with Crippen molar-refractivity contribution in [1.29, 1.82) is 0 Å². The van der Waals surface area contributed by atoms with E-state index in [0.29, 0.717) is 16.9 Å². The number of aromatic nitrogens is 3. The third kappa shape index (κ3) is 2.50. The summed E-state index contributed by atoms with van der Waals surface area (Å²) in [5.41, 5.74) is 0.240. The fraction of sp³-hybridized carbons (Fsp3) is 0.0714. The molecule has 0 bridgehead atoms. The molecule has 0 unspecified atom stereocenters. The molecule has 5 nitrogen and oxygen atoms in total. The van der Waals surface area contributed by atoms with E-state index in [1.54, 1.807) is 12.1 Å². The van der Waals surface area contributed by atoms with Crippen LogP contribution in [0.15, 0.2) is 42.6 Å². The first-order valence-electron chi connectivity index (χ1n) is 6.12. The molecule has 2 heterocycles. The number of benzene rings is 1. The van der Waals surface area contributed by atoms with Crippen molar-refractivity contribution >= 4 is 12.1 Å². The summed E-state index contributed by atoms with van der Waals surface area (Å²) in [6.45, 7) is 0.224. The van der Waals surface area contributed by atoms with Crippen molar-refractivity contribution in [3.05, 3.63) is 48.2 Å². The van der Waals surface area contributed by atoms with Gasteiger partial charge in [-0.3, -0.25) is 4.79 Å². The Kier molecular flexibility index (Phi) is 3.28. The first kappa shape index (κ1) is 14.1. The van der Waals surface area contributed by atoms with Gasteiger partial charge in [-0.05, 0) is 24.3 Å². The molecule has 2 aromatic heterocycles. The maximum Gasteiger partial charge on any atom is 0.416 e. The monoisotopic (exact) mass is 307 g/mol. The van der Waals surface area contributed by atoms with Crippen molar-refractivity contribution in [2.24, 2.45) is 0 Å². The zero-order chi connectivity index (χ0) is 15.7. The topological polar surface area (TPSA) is 56.5 Å². The Morgan fingerprint density at radius 3 is 2.73 bits per heavy atom. The Morgan fingerprint density at radius 2 is 2.00 bits per heavy atom. The normalized spacial score (nSPS) is 11.6. The van der Waals surface area contributed by atoms with Crippen LogP contribution in [0.5, 0.6) is 5.88 Å². The van der Waals surface area contributed by atoms with Crippen LogP contribution < -0.4 is 4.74 Å². The number of alkyl halides is 3. The highest BCUT2D eigenvalue weighted by atomic mass is 19.4. The van der Waals surface area contributed by atoms with Crippen LogP contribution in [0.2, 0.25) is 0 Å². The lowest BCUT2D eigenvalue weighted by Crippen LogP contribution is -2.05. The van der Waals surface area contributed by atoms with Gasteiger partial charge in [0, 0.05) is 5.56 Å². The van der Waals surface area contributed by atoms with Gasteiger partial charge in [-0.25, -0.2) is 4.98 Å². The molecule has 0 aliphatic rings. The number of carbonyl (C=O) groups is 1. The highest BCUT2D eigenvalue weighted by molar-refractivity contribution is 5.62. The van der Waals surface area contributed by atoms with Crippen LogP contribution in [0, 0.1) is 0 Å². The molecule has 0 saturated carbocycles. The van der Waals surface area contributed by atoms with Gasteiger partial charge in [0.05, 0.1) is 17.5 Å². The second kappa shape index (κ2) is 5.14. The summed E-state index contributed by atoms with van der Waals surface area (Å²) in [7, 11) is 0. The SMILES string of the molecule is O=COc1cnc2ccc(-c3cccc(C(F)(F)F)c3)nn12. The largest absolute Gasteiger partial charge is 0.416 e. The molecule has 0 amide bonds. The van der Waals surface area contributed by atoms with E-state index < -0.39 is 11.7 Å². The van der Waals surface area contributed by atoms with Crippen molar-refractivity contribution < 1.29 is 22.7 Å². The summed E-state index contributed by atoms with van der Waals surface area (Å²) in [6, 6.07) is 7.93. The lowest BCUT2D eigenvalue weighted by molar-refractivity contribution is -0.137. The Balaban J connectivity index is 2.10. The van der Waals surface area contributed by atoms with E-state index in [-0.39, 0.29) is 12.4 Å². The third-order valence-electron chi connectivity index (χ3n) is 2.99. The standard InChI is InChI=1S/C14H8F3N3O2/c15-14(16,17)10-3-1-2-9(6-10)11-4-5-12-18-7-13(22-8-21)20(12)19-11/h1-8H. The molecular formula is C14H8F3N3O2. The lowest BCUT2D eigenvalue weighted by Gasteiger charge is -2.08. The molecule has 0 saturated heterocycles. The van der Waals surface area contributed by atoms with E-state index in [4.69, 9.17) is 4.74 Å². The van der Waals surface area contributed by atoms with E-state index in [9.17, 15) is 18.0 Å². The fourth-order valence-corrected chi connectivity index (χ4v) is 1.99. The van der Waals surface area contributed by atoms with Crippen molar-refractivity contribution in [2.75, 3.05) is 0 Å². The van der Waals surface area contributed by atoms with E-state index in [0.717, 1.165) is 12.1 Å². The van der Waals surface area contributed by atoms with Gasteiger partial charge >= 0.3 is 6.18 Å². The molecule has 0 N–H and O–H groups in total. The number of halogens is 3. The smallest absolute Gasteiger partial charge is 0.408 e. The van der Waals surface area contributed by atoms with E-state index in [1.807, 2.05) is 0 Å². The zero-order valence-corrected chi connectivity index (χ0v) is 10.9. The number of rotatable bonds is 3. The third-order valence-corrected chi connectivity index (χ3v) is 2.99. The minimum atomic E-state index is -4.43. The summed E-state index contributed by atoms with van der Waals surface area (Å²) in [5.74, 6) is 0.0822. The average molecular weight is 307 g/mol. The molecule has 0 atom stereocenters. The molecule has 3 aromatic rings. The summed E-state index contributed by atoms with van der Waals surface area (Å²) in [6.07, 6.45) is -3.13. The number of fused-ring (bicyclic) bond motifs is 1. The lowest BCUT2D eigenvalue weighted by atomic mass is 10.1. The molecule has 8 heteroatoms. The summed E-state index contributed by atoms with van der Waals surface area (Å²) in [4.78, 5) is 14.4. The summed E-state index contributed by atoms with van der Waals surface area (Å²) in [5, 5.41) is 4.15. The summed E-state index contributed by atoms with van der Waals surface area (Å²) >= 11 is 0. The number of imidazole rings is 1. The second-order valence-corrected chi connectivity index (χ2v) is 4.38. The fourth-order valence-electron chi connectivity index (χ4n) is 1.99. The average Bonchev–Trinajstić information content (AvgIpc) is 2.89. The molecule has 0 aliphatic heterocycles.